The van der Waals surface area contributed by atoms with Gasteiger partial charge in [0.2, 0.25) is 0 Å². The van der Waals surface area contributed by atoms with Crippen LogP contribution < -0.4 is 5.43 Å². The van der Waals surface area contributed by atoms with Crippen molar-refractivity contribution in [2.45, 2.75) is 6.42 Å². The van der Waals surface area contributed by atoms with E-state index in [-0.39, 0.29) is 5.91 Å². The van der Waals surface area contributed by atoms with Crippen molar-refractivity contribution in [3.8, 4) is 0 Å². The molecule has 3 rings (SSSR count). The first kappa shape index (κ1) is 14.7. The minimum Gasteiger partial charge on any atom is -0.348 e. The van der Waals surface area contributed by atoms with E-state index in [9.17, 15) is 4.79 Å². The standard InChI is InChI=1S/C18H16N4O/c23-18(15-9-5-2-6-10-15)22-21-16(13-17-19-11-12-20-17)14-7-3-1-4-8-14/h1-12H,13H2,(H,19,20)(H,22,23)/b21-16+. The molecule has 114 valence electrons. The molecule has 0 radical (unpaired) electrons. The number of benzene rings is 2. The molecule has 0 saturated carbocycles. The summed E-state index contributed by atoms with van der Waals surface area (Å²) in [5, 5.41) is 4.30. The summed E-state index contributed by atoms with van der Waals surface area (Å²) in [6.45, 7) is 0. The number of hydrazone groups is 1. The van der Waals surface area contributed by atoms with Crippen LogP contribution in [0.15, 0.2) is 78.2 Å². The Balaban J connectivity index is 1.81. The number of nitrogens with one attached hydrogen (secondary N) is 2. The molecule has 0 saturated heterocycles. The van der Waals surface area contributed by atoms with Crippen molar-refractivity contribution >= 4 is 11.6 Å². The fourth-order valence-corrected chi connectivity index (χ4v) is 2.16. The van der Waals surface area contributed by atoms with Crippen LogP contribution in [0.5, 0.6) is 0 Å². The molecule has 1 aromatic heterocycles. The Morgan fingerprint density at radius 1 is 1.00 bits per heavy atom. The summed E-state index contributed by atoms with van der Waals surface area (Å²) >= 11 is 0. The van der Waals surface area contributed by atoms with Gasteiger partial charge < -0.3 is 4.98 Å². The van der Waals surface area contributed by atoms with Gasteiger partial charge in [-0.15, -0.1) is 0 Å². The van der Waals surface area contributed by atoms with Gasteiger partial charge in [0.15, 0.2) is 0 Å². The molecule has 3 aromatic rings. The lowest BCUT2D eigenvalue weighted by molar-refractivity contribution is 0.0955. The Hall–Kier alpha value is -3.21. The summed E-state index contributed by atoms with van der Waals surface area (Å²) in [6, 6.07) is 18.7. The first-order valence-corrected chi connectivity index (χ1v) is 7.28. The van der Waals surface area contributed by atoms with Crippen LogP contribution >= 0.6 is 0 Å². The van der Waals surface area contributed by atoms with Gasteiger partial charge in [0, 0.05) is 18.0 Å². The molecule has 0 aliphatic heterocycles. The highest BCUT2D eigenvalue weighted by Crippen LogP contribution is 2.06. The third kappa shape index (κ3) is 3.91. The summed E-state index contributed by atoms with van der Waals surface area (Å²) in [6.07, 6.45) is 3.97. The fourth-order valence-electron chi connectivity index (χ4n) is 2.16. The Bertz CT molecular complexity index is 780. The van der Waals surface area contributed by atoms with Gasteiger partial charge in [0.1, 0.15) is 5.82 Å². The number of carbonyl (C=O) groups excluding carboxylic acids is 1. The molecule has 5 nitrogen and oxygen atoms in total. The average Bonchev–Trinajstić information content (AvgIpc) is 3.13. The fraction of sp³-hybridized carbons (Fsp3) is 0.0556. The maximum absolute atomic E-state index is 12.1. The van der Waals surface area contributed by atoms with Crippen molar-refractivity contribution in [1.29, 1.82) is 0 Å². The van der Waals surface area contributed by atoms with E-state index in [1.165, 1.54) is 0 Å². The van der Waals surface area contributed by atoms with E-state index < -0.39 is 0 Å². The lowest BCUT2D eigenvalue weighted by Gasteiger charge is -2.06. The number of H-pyrrole nitrogens is 1. The molecule has 1 amide bonds. The molecule has 5 heteroatoms. The molecular weight excluding hydrogens is 288 g/mol. The number of nitrogens with zero attached hydrogens (tertiary/aromatic N) is 2. The number of amides is 1. The zero-order valence-electron chi connectivity index (χ0n) is 12.4. The predicted octanol–water partition coefficient (Wildman–Crippen LogP) is 2.79. The van der Waals surface area contributed by atoms with Crippen LogP contribution in [0.25, 0.3) is 0 Å². The van der Waals surface area contributed by atoms with E-state index >= 15 is 0 Å². The summed E-state index contributed by atoms with van der Waals surface area (Å²) in [7, 11) is 0. The third-order valence-corrected chi connectivity index (χ3v) is 3.33. The number of hydrogen-bond donors (Lipinski definition) is 2. The summed E-state index contributed by atoms with van der Waals surface area (Å²) < 4.78 is 0. The van der Waals surface area contributed by atoms with Gasteiger partial charge in [-0.1, -0.05) is 48.5 Å². The molecule has 0 unspecified atom stereocenters. The molecule has 0 spiro atoms. The first-order chi connectivity index (χ1) is 11.3. The smallest absolute Gasteiger partial charge is 0.271 e. The first-order valence-electron chi connectivity index (χ1n) is 7.28. The lowest BCUT2D eigenvalue weighted by Crippen LogP contribution is -2.21. The molecule has 23 heavy (non-hydrogen) atoms. The van der Waals surface area contributed by atoms with E-state index in [2.05, 4.69) is 20.5 Å². The van der Waals surface area contributed by atoms with Crippen LogP contribution in [0.3, 0.4) is 0 Å². The predicted molar refractivity (Wildman–Crippen MR) is 89.2 cm³/mol. The van der Waals surface area contributed by atoms with Crippen LogP contribution in [-0.4, -0.2) is 21.6 Å². The third-order valence-electron chi connectivity index (χ3n) is 3.33. The van der Waals surface area contributed by atoms with Gasteiger partial charge >= 0.3 is 0 Å². The Labute approximate surface area is 134 Å². The van der Waals surface area contributed by atoms with Crippen LogP contribution in [0.1, 0.15) is 21.7 Å². The van der Waals surface area contributed by atoms with Crippen LogP contribution in [-0.2, 0) is 6.42 Å². The van der Waals surface area contributed by atoms with Crippen LogP contribution in [0.2, 0.25) is 0 Å². The monoisotopic (exact) mass is 304 g/mol. The van der Waals surface area contributed by atoms with Gasteiger partial charge in [-0.2, -0.15) is 5.10 Å². The molecule has 1 heterocycles. The largest absolute Gasteiger partial charge is 0.348 e. The lowest BCUT2D eigenvalue weighted by atomic mass is 10.1. The molecule has 2 N–H and O–H groups in total. The van der Waals surface area contributed by atoms with Crippen molar-refractivity contribution in [2.75, 3.05) is 0 Å². The SMILES string of the molecule is O=C(N/N=C(\Cc1ncc[nH]1)c1ccccc1)c1ccccc1. The van der Waals surface area contributed by atoms with Gasteiger partial charge in [-0.3, -0.25) is 4.79 Å². The van der Waals surface area contributed by atoms with Crippen molar-refractivity contribution < 1.29 is 4.79 Å². The zero-order chi connectivity index (χ0) is 15.9. The second-order valence-corrected chi connectivity index (χ2v) is 4.94. The maximum Gasteiger partial charge on any atom is 0.271 e. The number of carbonyl (C=O) groups is 1. The molecule has 0 aliphatic carbocycles. The Kier molecular flexibility index (Phi) is 4.59. The number of hydrogen-bond acceptors (Lipinski definition) is 3. The van der Waals surface area contributed by atoms with E-state index in [1.807, 2.05) is 48.5 Å². The zero-order valence-corrected chi connectivity index (χ0v) is 12.4. The van der Waals surface area contributed by atoms with E-state index in [4.69, 9.17) is 0 Å². The molecular formula is C18H16N4O. The van der Waals surface area contributed by atoms with Gasteiger partial charge in [-0.25, -0.2) is 10.4 Å². The molecule has 0 fully saturated rings. The number of aromatic amines is 1. The molecule has 2 aromatic carbocycles. The minimum absolute atomic E-state index is 0.238. The summed E-state index contributed by atoms with van der Waals surface area (Å²) in [5.41, 5.74) is 4.87. The molecule has 0 bridgehead atoms. The van der Waals surface area contributed by atoms with E-state index in [1.54, 1.807) is 24.5 Å². The van der Waals surface area contributed by atoms with E-state index in [0.717, 1.165) is 17.1 Å². The highest BCUT2D eigenvalue weighted by Gasteiger charge is 2.09. The maximum atomic E-state index is 12.1. The van der Waals surface area contributed by atoms with Crippen LogP contribution in [0.4, 0.5) is 0 Å². The number of aromatic nitrogens is 2. The average molecular weight is 304 g/mol. The molecule has 0 aliphatic rings. The van der Waals surface area contributed by atoms with Crippen LogP contribution in [0, 0.1) is 0 Å². The Morgan fingerprint density at radius 3 is 2.26 bits per heavy atom. The second-order valence-electron chi connectivity index (χ2n) is 4.94. The van der Waals surface area contributed by atoms with E-state index in [0.29, 0.717) is 12.0 Å². The van der Waals surface area contributed by atoms with Crippen molar-refractivity contribution in [1.82, 2.24) is 15.4 Å². The van der Waals surface area contributed by atoms with Crippen molar-refractivity contribution in [2.24, 2.45) is 5.10 Å². The van der Waals surface area contributed by atoms with Gasteiger partial charge in [-0.05, 0) is 17.7 Å². The summed E-state index contributed by atoms with van der Waals surface area (Å²) in [4.78, 5) is 19.4. The van der Waals surface area contributed by atoms with Crippen molar-refractivity contribution in [3.63, 3.8) is 0 Å². The number of imidazole rings is 1. The quantitative estimate of drug-likeness (QED) is 0.562. The Morgan fingerprint density at radius 2 is 1.65 bits per heavy atom. The van der Waals surface area contributed by atoms with Gasteiger partial charge in [0.25, 0.3) is 5.91 Å². The topological polar surface area (TPSA) is 70.1 Å². The molecule has 0 atom stereocenters. The second kappa shape index (κ2) is 7.17. The highest BCUT2D eigenvalue weighted by atomic mass is 16.2. The normalized spacial score (nSPS) is 11.2. The highest BCUT2D eigenvalue weighted by molar-refractivity contribution is 6.03. The number of rotatable bonds is 5. The van der Waals surface area contributed by atoms with Crippen molar-refractivity contribution in [3.05, 3.63) is 90.0 Å². The summed E-state index contributed by atoms with van der Waals surface area (Å²) in [5.74, 6) is 0.556. The minimum atomic E-state index is -0.238. The van der Waals surface area contributed by atoms with Gasteiger partial charge in [0.05, 0.1) is 12.1 Å².